The van der Waals surface area contributed by atoms with Gasteiger partial charge in [-0.3, -0.25) is 0 Å². The molecule has 0 atom stereocenters. The van der Waals surface area contributed by atoms with Crippen LogP contribution in [0.15, 0.2) is 65.1 Å². The van der Waals surface area contributed by atoms with Crippen LogP contribution in [0.25, 0.3) is 0 Å². The van der Waals surface area contributed by atoms with Gasteiger partial charge in [-0.2, -0.15) is 0 Å². The van der Waals surface area contributed by atoms with E-state index in [9.17, 15) is 0 Å². The van der Waals surface area contributed by atoms with E-state index in [-0.39, 0.29) is 0 Å². The molecule has 5 heteroatoms. The topological polar surface area (TPSA) is 17.3 Å². The molecule has 0 saturated heterocycles. The number of halogens is 2. The highest BCUT2D eigenvalue weighted by atomic mass is 35.5. The number of hydrogen-bond donors (Lipinski definition) is 0. The summed E-state index contributed by atoms with van der Waals surface area (Å²) in [4.78, 5) is 5.57. The van der Waals surface area contributed by atoms with Crippen LogP contribution in [0.1, 0.15) is 5.56 Å². The second-order valence-corrected chi connectivity index (χ2v) is 6.20. The molecule has 2 aromatic carbocycles. The van der Waals surface area contributed by atoms with E-state index >= 15 is 0 Å². The Bertz CT molecular complexity index is 806. The molecule has 0 fully saturated rings. The van der Waals surface area contributed by atoms with Gasteiger partial charge in [0.25, 0.3) is 0 Å². The van der Waals surface area contributed by atoms with Crippen molar-refractivity contribution in [3.8, 4) is 0 Å². The Labute approximate surface area is 136 Å². The highest BCUT2D eigenvalue weighted by Crippen LogP contribution is 2.26. The Morgan fingerprint density at radius 3 is 2.57 bits per heavy atom. The Morgan fingerprint density at radius 2 is 1.81 bits per heavy atom. The van der Waals surface area contributed by atoms with Gasteiger partial charge in [0.15, 0.2) is 4.80 Å². The van der Waals surface area contributed by atoms with Gasteiger partial charge in [0, 0.05) is 18.1 Å². The number of aromatic nitrogens is 1. The molecule has 21 heavy (non-hydrogen) atoms. The zero-order chi connectivity index (χ0) is 14.7. The van der Waals surface area contributed by atoms with E-state index in [2.05, 4.69) is 21.7 Å². The predicted molar refractivity (Wildman–Crippen MR) is 89.5 cm³/mol. The van der Waals surface area contributed by atoms with E-state index in [1.807, 2.05) is 35.8 Å². The minimum Gasteiger partial charge on any atom is -0.319 e. The molecule has 0 aliphatic carbocycles. The summed E-state index contributed by atoms with van der Waals surface area (Å²) in [6.07, 6.45) is 2.04. The summed E-state index contributed by atoms with van der Waals surface area (Å²) in [5, 5.41) is 3.09. The summed E-state index contributed by atoms with van der Waals surface area (Å²) in [5.74, 6) is 0. The monoisotopic (exact) mass is 334 g/mol. The van der Waals surface area contributed by atoms with Crippen molar-refractivity contribution in [1.29, 1.82) is 0 Å². The first kappa shape index (κ1) is 14.4. The smallest absolute Gasteiger partial charge is 0.190 e. The lowest BCUT2D eigenvalue weighted by Gasteiger charge is -2.03. The Morgan fingerprint density at radius 1 is 1.00 bits per heavy atom. The van der Waals surface area contributed by atoms with Crippen molar-refractivity contribution in [2.45, 2.75) is 6.54 Å². The lowest BCUT2D eigenvalue weighted by atomic mass is 10.2. The fourth-order valence-corrected chi connectivity index (χ4v) is 2.99. The summed E-state index contributed by atoms with van der Waals surface area (Å²) in [5.41, 5.74) is 2.04. The number of benzene rings is 2. The Kier molecular flexibility index (Phi) is 4.44. The lowest BCUT2D eigenvalue weighted by molar-refractivity contribution is 0.770. The highest BCUT2D eigenvalue weighted by Gasteiger charge is 2.01. The maximum absolute atomic E-state index is 6.03. The highest BCUT2D eigenvalue weighted by molar-refractivity contribution is 7.07. The average Bonchev–Trinajstić information content (AvgIpc) is 2.91. The second-order valence-electron chi connectivity index (χ2n) is 4.51. The quantitative estimate of drug-likeness (QED) is 0.631. The van der Waals surface area contributed by atoms with Crippen LogP contribution in [0.5, 0.6) is 0 Å². The standard InChI is InChI=1S/C16H12Cl2N2S/c17-14-7-6-13(10-15(14)18)19-16-20(8-9-21-16)11-12-4-2-1-3-5-12/h1-10H,11H2. The summed E-state index contributed by atoms with van der Waals surface area (Å²) in [6.45, 7) is 0.796. The van der Waals surface area contributed by atoms with Crippen molar-refractivity contribution in [1.82, 2.24) is 4.57 Å². The van der Waals surface area contributed by atoms with Crippen molar-refractivity contribution >= 4 is 40.2 Å². The lowest BCUT2D eigenvalue weighted by Crippen LogP contribution is -2.14. The molecule has 1 heterocycles. The van der Waals surface area contributed by atoms with Crippen LogP contribution in [0.3, 0.4) is 0 Å². The largest absolute Gasteiger partial charge is 0.319 e. The Hall–Kier alpha value is -1.55. The van der Waals surface area contributed by atoms with Crippen molar-refractivity contribution in [2.24, 2.45) is 4.99 Å². The maximum Gasteiger partial charge on any atom is 0.190 e. The predicted octanol–water partition coefficient (Wildman–Crippen LogP) is 5.14. The van der Waals surface area contributed by atoms with Crippen molar-refractivity contribution in [2.75, 3.05) is 0 Å². The van der Waals surface area contributed by atoms with E-state index < -0.39 is 0 Å². The molecule has 0 N–H and O–H groups in total. The van der Waals surface area contributed by atoms with Gasteiger partial charge in [-0.05, 0) is 23.8 Å². The Balaban J connectivity index is 1.94. The van der Waals surface area contributed by atoms with E-state index in [1.54, 1.807) is 23.5 Å². The minimum absolute atomic E-state index is 0.518. The number of hydrogen-bond acceptors (Lipinski definition) is 2. The van der Waals surface area contributed by atoms with Gasteiger partial charge < -0.3 is 4.57 Å². The summed E-state index contributed by atoms with van der Waals surface area (Å²) in [7, 11) is 0. The van der Waals surface area contributed by atoms with E-state index in [1.165, 1.54) is 5.56 Å². The molecule has 3 rings (SSSR count). The zero-order valence-corrected chi connectivity index (χ0v) is 13.4. The first-order valence-corrected chi connectivity index (χ1v) is 8.03. The van der Waals surface area contributed by atoms with Crippen molar-refractivity contribution < 1.29 is 0 Å². The third-order valence-corrected chi connectivity index (χ3v) is 4.52. The molecule has 2 nitrogen and oxygen atoms in total. The fourth-order valence-electron chi connectivity index (χ4n) is 1.95. The summed E-state index contributed by atoms with van der Waals surface area (Å²) < 4.78 is 2.11. The third-order valence-electron chi connectivity index (χ3n) is 2.98. The molecular formula is C16H12Cl2N2S. The van der Waals surface area contributed by atoms with Gasteiger partial charge >= 0.3 is 0 Å². The van der Waals surface area contributed by atoms with E-state index in [0.717, 1.165) is 17.0 Å². The third kappa shape index (κ3) is 3.56. The number of rotatable bonds is 3. The van der Waals surface area contributed by atoms with Gasteiger partial charge in [-0.25, -0.2) is 4.99 Å². The normalized spacial score (nSPS) is 11.8. The molecule has 0 unspecified atom stereocenters. The van der Waals surface area contributed by atoms with Crippen LogP contribution < -0.4 is 4.80 Å². The molecule has 0 aliphatic rings. The molecule has 0 bridgehead atoms. The van der Waals surface area contributed by atoms with Gasteiger partial charge in [-0.15, -0.1) is 11.3 Å². The molecule has 1 aromatic heterocycles. The average molecular weight is 335 g/mol. The van der Waals surface area contributed by atoms with Gasteiger partial charge in [0.1, 0.15) is 0 Å². The van der Waals surface area contributed by atoms with Crippen LogP contribution in [0.4, 0.5) is 5.69 Å². The summed E-state index contributed by atoms with van der Waals surface area (Å²) >= 11 is 13.5. The van der Waals surface area contributed by atoms with E-state index in [0.29, 0.717) is 10.0 Å². The number of thiazole rings is 1. The first-order valence-electron chi connectivity index (χ1n) is 6.40. The van der Waals surface area contributed by atoms with Crippen LogP contribution in [0.2, 0.25) is 10.0 Å². The molecule has 0 amide bonds. The minimum atomic E-state index is 0.518. The van der Waals surface area contributed by atoms with Crippen molar-refractivity contribution in [3.63, 3.8) is 0 Å². The first-order chi connectivity index (χ1) is 10.2. The second kappa shape index (κ2) is 6.48. The van der Waals surface area contributed by atoms with Gasteiger partial charge in [0.05, 0.1) is 15.7 Å². The van der Waals surface area contributed by atoms with Crippen LogP contribution >= 0.6 is 34.5 Å². The van der Waals surface area contributed by atoms with Crippen LogP contribution in [-0.4, -0.2) is 4.57 Å². The molecule has 0 spiro atoms. The molecule has 106 valence electrons. The molecule has 0 aliphatic heterocycles. The van der Waals surface area contributed by atoms with Gasteiger partial charge in [0.2, 0.25) is 0 Å². The summed E-state index contributed by atoms with van der Waals surface area (Å²) in [6, 6.07) is 15.7. The van der Waals surface area contributed by atoms with Gasteiger partial charge in [-0.1, -0.05) is 53.5 Å². The number of nitrogens with zero attached hydrogens (tertiary/aromatic N) is 2. The van der Waals surface area contributed by atoms with Crippen molar-refractivity contribution in [3.05, 3.63) is 80.5 Å². The van der Waals surface area contributed by atoms with E-state index in [4.69, 9.17) is 23.2 Å². The zero-order valence-electron chi connectivity index (χ0n) is 11.0. The van der Waals surface area contributed by atoms with Crippen LogP contribution in [-0.2, 0) is 6.54 Å². The molecule has 0 saturated carbocycles. The maximum atomic E-state index is 6.03. The molecular weight excluding hydrogens is 323 g/mol. The SMILES string of the molecule is Clc1ccc(N=c2sccn2Cc2ccccc2)cc1Cl. The molecule has 3 aromatic rings. The molecule has 0 radical (unpaired) electrons. The fraction of sp³-hybridized carbons (Fsp3) is 0.0625. The van der Waals surface area contributed by atoms with Crippen LogP contribution in [0, 0.1) is 0 Å².